The fourth-order valence-corrected chi connectivity index (χ4v) is 1.89. The van der Waals surface area contributed by atoms with Gasteiger partial charge in [0, 0.05) is 6.42 Å². The standard InChI is InChI=1S/C11H19N3O/c1-2-4-9(12)11-13-10(15-14-11)7-8-5-3-6-8/h8-9H,2-7,12H2,1H3. The fraction of sp³-hybridized carbons (Fsp3) is 0.818. The average molecular weight is 209 g/mol. The summed E-state index contributed by atoms with van der Waals surface area (Å²) in [4.78, 5) is 4.35. The van der Waals surface area contributed by atoms with Crippen LogP contribution in [0.1, 0.15) is 56.8 Å². The van der Waals surface area contributed by atoms with Crippen LogP contribution in [-0.4, -0.2) is 10.1 Å². The van der Waals surface area contributed by atoms with Crippen LogP contribution in [0.4, 0.5) is 0 Å². The Labute approximate surface area is 90.2 Å². The third-order valence-electron chi connectivity index (χ3n) is 3.10. The van der Waals surface area contributed by atoms with Gasteiger partial charge in [0.2, 0.25) is 5.89 Å². The highest BCUT2D eigenvalue weighted by Crippen LogP contribution is 2.29. The highest BCUT2D eigenvalue weighted by molar-refractivity contribution is 4.94. The smallest absolute Gasteiger partial charge is 0.226 e. The monoisotopic (exact) mass is 209 g/mol. The Bertz CT molecular complexity index is 307. The molecule has 1 aromatic heterocycles. The number of nitrogens with two attached hydrogens (primary N) is 1. The van der Waals surface area contributed by atoms with Gasteiger partial charge in [-0.25, -0.2) is 0 Å². The van der Waals surface area contributed by atoms with Crippen LogP contribution in [0, 0.1) is 5.92 Å². The maximum atomic E-state index is 5.91. The van der Waals surface area contributed by atoms with Crippen molar-refractivity contribution in [1.82, 2.24) is 10.1 Å². The molecule has 0 amide bonds. The first kappa shape index (κ1) is 10.6. The van der Waals surface area contributed by atoms with Gasteiger partial charge in [0.1, 0.15) is 0 Å². The van der Waals surface area contributed by atoms with Crippen LogP contribution >= 0.6 is 0 Å². The zero-order valence-corrected chi connectivity index (χ0v) is 9.28. The summed E-state index contributed by atoms with van der Waals surface area (Å²) in [6, 6.07) is -0.0612. The molecule has 1 aliphatic rings. The van der Waals surface area contributed by atoms with E-state index in [9.17, 15) is 0 Å². The summed E-state index contributed by atoms with van der Waals surface area (Å²) in [7, 11) is 0. The highest BCUT2D eigenvalue weighted by Gasteiger charge is 2.21. The highest BCUT2D eigenvalue weighted by atomic mass is 16.5. The molecule has 1 saturated carbocycles. The summed E-state index contributed by atoms with van der Waals surface area (Å²) in [5.41, 5.74) is 5.91. The van der Waals surface area contributed by atoms with Crippen molar-refractivity contribution in [2.75, 3.05) is 0 Å². The van der Waals surface area contributed by atoms with Crippen LogP contribution in [0.15, 0.2) is 4.52 Å². The number of nitrogens with zero attached hydrogens (tertiary/aromatic N) is 2. The molecule has 15 heavy (non-hydrogen) atoms. The second-order valence-electron chi connectivity index (χ2n) is 4.44. The normalized spacial score (nSPS) is 18.8. The lowest BCUT2D eigenvalue weighted by atomic mass is 9.83. The third-order valence-corrected chi connectivity index (χ3v) is 3.10. The lowest BCUT2D eigenvalue weighted by Gasteiger charge is -2.23. The molecule has 0 spiro atoms. The van der Waals surface area contributed by atoms with E-state index in [-0.39, 0.29) is 6.04 Å². The van der Waals surface area contributed by atoms with E-state index in [4.69, 9.17) is 10.3 Å². The Morgan fingerprint density at radius 2 is 2.33 bits per heavy atom. The molecule has 2 rings (SSSR count). The molecule has 1 atom stereocenters. The maximum absolute atomic E-state index is 5.91. The summed E-state index contributed by atoms with van der Waals surface area (Å²) in [5.74, 6) is 2.20. The molecule has 4 nitrogen and oxygen atoms in total. The first-order valence-corrected chi connectivity index (χ1v) is 5.87. The summed E-state index contributed by atoms with van der Waals surface area (Å²) < 4.78 is 5.20. The molecule has 2 N–H and O–H groups in total. The van der Waals surface area contributed by atoms with Gasteiger partial charge in [-0.15, -0.1) is 0 Å². The van der Waals surface area contributed by atoms with Gasteiger partial charge in [-0.1, -0.05) is 24.9 Å². The van der Waals surface area contributed by atoms with Crippen LogP contribution in [0.2, 0.25) is 0 Å². The molecule has 0 aliphatic heterocycles. The van der Waals surface area contributed by atoms with Crippen molar-refractivity contribution < 1.29 is 4.52 Å². The Balaban J connectivity index is 1.90. The van der Waals surface area contributed by atoms with E-state index >= 15 is 0 Å². The predicted octanol–water partition coefficient (Wildman–Crippen LogP) is 2.21. The van der Waals surface area contributed by atoms with Crippen LogP contribution < -0.4 is 5.73 Å². The Morgan fingerprint density at radius 1 is 1.53 bits per heavy atom. The minimum atomic E-state index is -0.0612. The van der Waals surface area contributed by atoms with Crippen LogP contribution in [0.5, 0.6) is 0 Å². The van der Waals surface area contributed by atoms with Crippen molar-refractivity contribution in [2.24, 2.45) is 11.7 Å². The molecule has 0 aromatic carbocycles. The number of hydrogen-bond donors (Lipinski definition) is 1. The van der Waals surface area contributed by atoms with E-state index in [0.717, 1.165) is 31.1 Å². The summed E-state index contributed by atoms with van der Waals surface area (Å²) in [6.07, 6.45) is 6.86. The van der Waals surface area contributed by atoms with Crippen molar-refractivity contribution in [2.45, 2.75) is 51.5 Å². The van der Waals surface area contributed by atoms with E-state index in [0.29, 0.717) is 5.82 Å². The zero-order chi connectivity index (χ0) is 10.7. The summed E-state index contributed by atoms with van der Waals surface area (Å²) in [5, 5.41) is 3.94. The lowest BCUT2D eigenvalue weighted by Crippen LogP contribution is -2.14. The average Bonchev–Trinajstić information content (AvgIpc) is 2.60. The van der Waals surface area contributed by atoms with E-state index in [1.807, 2.05) is 0 Å². The van der Waals surface area contributed by atoms with Crippen molar-refractivity contribution in [3.05, 3.63) is 11.7 Å². The number of rotatable bonds is 5. The minimum absolute atomic E-state index is 0.0612. The molecular formula is C11H19N3O. The molecule has 1 aliphatic carbocycles. The van der Waals surface area contributed by atoms with E-state index in [2.05, 4.69) is 17.1 Å². The Hall–Kier alpha value is -0.900. The molecular weight excluding hydrogens is 190 g/mol. The van der Waals surface area contributed by atoms with E-state index < -0.39 is 0 Å². The van der Waals surface area contributed by atoms with Crippen molar-refractivity contribution in [3.8, 4) is 0 Å². The molecule has 0 bridgehead atoms. The van der Waals surface area contributed by atoms with Crippen molar-refractivity contribution in [1.29, 1.82) is 0 Å². The van der Waals surface area contributed by atoms with Gasteiger partial charge in [0.05, 0.1) is 6.04 Å². The summed E-state index contributed by atoms with van der Waals surface area (Å²) >= 11 is 0. The first-order chi connectivity index (χ1) is 7.29. The van der Waals surface area contributed by atoms with E-state index in [1.165, 1.54) is 19.3 Å². The molecule has 0 radical (unpaired) electrons. The molecule has 4 heteroatoms. The first-order valence-electron chi connectivity index (χ1n) is 5.87. The van der Waals surface area contributed by atoms with E-state index in [1.54, 1.807) is 0 Å². The van der Waals surface area contributed by atoms with Gasteiger partial charge in [0.15, 0.2) is 5.82 Å². The zero-order valence-electron chi connectivity index (χ0n) is 9.28. The van der Waals surface area contributed by atoms with Crippen molar-refractivity contribution >= 4 is 0 Å². The Morgan fingerprint density at radius 3 is 2.93 bits per heavy atom. The van der Waals surface area contributed by atoms with Crippen molar-refractivity contribution in [3.63, 3.8) is 0 Å². The van der Waals surface area contributed by atoms with Gasteiger partial charge in [-0.3, -0.25) is 0 Å². The lowest BCUT2D eigenvalue weighted by molar-refractivity contribution is 0.272. The van der Waals surface area contributed by atoms with Gasteiger partial charge in [-0.2, -0.15) is 4.98 Å². The van der Waals surface area contributed by atoms with Gasteiger partial charge < -0.3 is 10.3 Å². The molecule has 1 aromatic rings. The second kappa shape index (κ2) is 4.75. The Kier molecular flexibility index (Phi) is 3.36. The van der Waals surface area contributed by atoms with Gasteiger partial charge in [-0.05, 0) is 25.2 Å². The van der Waals surface area contributed by atoms with Crippen LogP contribution in [0.25, 0.3) is 0 Å². The third kappa shape index (κ3) is 2.56. The largest absolute Gasteiger partial charge is 0.339 e. The van der Waals surface area contributed by atoms with Gasteiger partial charge >= 0.3 is 0 Å². The SMILES string of the molecule is CCCC(N)c1noc(CC2CCC2)n1. The molecule has 0 saturated heterocycles. The topological polar surface area (TPSA) is 64.9 Å². The quantitative estimate of drug-likeness (QED) is 0.807. The summed E-state index contributed by atoms with van der Waals surface area (Å²) in [6.45, 7) is 2.11. The molecule has 1 heterocycles. The second-order valence-corrected chi connectivity index (χ2v) is 4.44. The predicted molar refractivity (Wildman–Crippen MR) is 57.2 cm³/mol. The number of aromatic nitrogens is 2. The number of hydrogen-bond acceptors (Lipinski definition) is 4. The molecule has 1 unspecified atom stereocenters. The van der Waals surface area contributed by atoms with Crippen LogP contribution in [-0.2, 0) is 6.42 Å². The molecule has 1 fully saturated rings. The maximum Gasteiger partial charge on any atom is 0.226 e. The minimum Gasteiger partial charge on any atom is -0.339 e. The molecule has 84 valence electrons. The van der Waals surface area contributed by atoms with Crippen LogP contribution in [0.3, 0.4) is 0 Å². The fourth-order valence-electron chi connectivity index (χ4n) is 1.89. The van der Waals surface area contributed by atoms with Gasteiger partial charge in [0.25, 0.3) is 0 Å².